The van der Waals surface area contributed by atoms with Crippen molar-refractivity contribution >= 4 is 45.9 Å². The molecule has 0 aliphatic rings. The molecule has 0 aliphatic heterocycles. The molecule has 0 radical (unpaired) electrons. The van der Waals surface area contributed by atoms with E-state index in [1.165, 1.54) is 5.56 Å². The lowest BCUT2D eigenvalue weighted by atomic mass is 10.2. The van der Waals surface area contributed by atoms with Gasteiger partial charge < -0.3 is 15.4 Å². The molecule has 0 aromatic heterocycles. The number of nitrogens with zero attached hydrogens (tertiary/aromatic N) is 1. The number of benzene rings is 1. The second kappa shape index (κ2) is 12.4. The molecule has 0 aliphatic carbocycles. The first-order valence-corrected chi connectivity index (χ1v) is 7.32. The lowest BCUT2D eigenvalue weighted by molar-refractivity contribution is 0.145. The van der Waals surface area contributed by atoms with Crippen molar-refractivity contribution in [3.05, 3.63) is 34.3 Å². The van der Waals surface area contributed by atoms with E-state index >= 15 is 0 Å². The number of ether oxygens (including phenoxy) is 1. The van der Waals surface area contributed by atoms with Gasteiger partial charge in [0.25, 0.3) is 0 Å². The molecule has 0 unspecified atom stereocenters. The van der Waals surface area contributed by atoms with Crippen molar-refractivity contribution in [2.45, 2.75) is 19.9 Å². The first-order chi connectivity index (χ1) is 9.26. The van der Waals surface area contributed by atoms with Crippen molar-refractivity contribution in [2.75, 3.05) is 26.8 Å². The summed E-state index contributed by atoms with van der Waals surface area (Å²) in [5, 5.41) is 6.54. The molecular weight excluding hydrogens is 433 g/mol. The maximum absolute atomic E-state index is 5.29. The Morgan fingerprint density at radius 1 is 1.35 bits per heavy atom. The number of halogens is 2. The van der Waals surface area contributed by atoms with Crippen LogP contribution in [0.4, 0.5) is 0 Å². The quantitative estimate of drug-likeness (QED) is 0.287. The van der Waals surface area contributed by atoms with Gasteiger partial charge in [-0.1, -0.05) is 28.1 Å². The molecule has 6 heteroatoms. The zero-order chi connectivity index (χ0) is 13.9. The number of hydrogen-bond acceptors (Lipinski definition) is 2. The minimum absolute atomic E-state index is 0. The van der Waals surface area contributed by atoms with Gasteiger partial charge in [-0.3, -0.25) is 4.99 Å². The highest BCUT2D eigenvalue weighted by molar-refractivity contribution is 14.0. The molecule has 0 bridgehead atoms. The van der Waals surface area contributed by atoms with Crippen LogP contribution in [0.15, 0.2) is 33.7 Å². The largest absolute Gasteiger partial charge is 0.382 e. The first-order valence-electron chi connectivity index (χ1n) is 6.53. The fraction of sp³-hybridized carbons (Fsp3) is 0.500. The summed E-state index contributed by atoms with van der Waals surface area (Å²) in [5.41, 5.74) is 1.21. The minimum Gasteiger partial charge on any atom is -0.382 e. The minimum atomic E-state index is 0. The number of nitrogens with one attached hydrogen (secondary N) is 2. The molecule has 0 amide bonds. The number of aliphatic imine (C=N–C) groups is 1. The Hall–Kier alpha value is -0.340. The van der Waals surface area contributed by atoms with Crippen molar-refractivity contribution in [2.24, 2.45) is 4.99 Å². The fourth-order valence-electron chi connectivity index (χ4n) is 1.58. The second-order valence-corrected chi connectivity index (χ2v) is 4.95. The summed E-state index contributed by atoms with van der Waals surface area (Å²) in [6.07, 6.45) is 0.978. The Bertz CT molecular complexity index is 402. The van der Waals surface area contributed by atoms with E-state index in [1.54, 1.807) is 7.05 Å². The van der Waals surface area contributed by atoms with Gasteiger partial charge in [0.1, 0.15) is 0 Å². The summed E-state index contributed by atoms with van der Waals surface area (Å²) in [4.78, 5) is 4.19. The van der Waals surface area contributed by atoms with Gasteiger partial charge in [-0.05, 0) is 31.0 Å². The SMILES string of the molecule is CCOCCCNC(=NC)NCc1cccc(Br)c1.I. The highest BCUT2D eigenvalue weighted by Gasteiger charge is 1.98. The van der Waals surface area contributed by atoms with E-state index in [4.69, 9.17) is 4.74 Å². The smallest absolute Gasteiger partial charge is 0.191 e. The molecule has 0 spiro atoms. The van der Waals surface area contributed by atoms with E-state index in [-0.39, 0.29) is 24.0 Å². The number of rotatable bonds is 7. The molecular formula is C14H23BrIN3O. The maximum atomic E-state index is 5.29. The van der Waals surface area contributed by atoms with Crippen LogP contribution in [-0.2, 0) is 11.3 Å². The third-order valence-electron chi connectivity index (χ3n) is 2.53. The van der Waals surface area contributed by atoms with Crippen LogP contribution >= 0.6 is 39.9 Å². The van der Waals surface area contributed by atoms with Crippen LogP contribution < -0.4 is 10.6 Å². The molecule has 2 N–H and O–H groups in total. The lowest BCUT2D eigenvalue weighted by Gasteiger charge is -2.12. The van der Waals surface area contributed by atoms with Crippen LogP contribution in [0.5, 0.6) is 0 Å². The molecule has 1 aromatic carbocycles. The Labute approximate surface area is 146 Å². The van der Waals surface area contributed by atoms with Gasteiger partial charge in [-0.15, -0.1) is 24.0 Å². The van der Waals surface area contributed by atoms with Crippen molar-refractivity contribution in [3.8, 4) is 0 Å². The Balaban J connectivity index is 0.00000361. The molecule has 0 atom stereocenters. The van der Waals surface area contributed by atoms with E-state index < -0.39 is 0 Å². The zero-order valence-electron chi connectivity index (χ0n) is 12.0. The first kappa shape index (κ1) is 19.7. The van der Waals surface area contributed by atoms with Gasteiger partial charge >= 0.3 is 0 Å². The molecule has 0 saturated carbocycles. The van der Waals surface area contributed by atoms with E-state index in [1.807, 2.05) is 19.1 Å². The fourth-order valence-corrected chi connectivity index (χ4v) is 2.03. The van der Waals surface area contributed by atoms with Crippen molar-refractivity contribution in [3.63, 3.8) is 0 Å². The van der Waals surface area contributed by atoms with Crippen LogP contribution in [-0.4, -0.2) is 32.8 Å². The van der Waals surface area contributed by atoms with Crippen LogP contribution in [0.25, 0.3) is 0 Å². The van der Waals surface area contributed by atoms with Crippen LogP contribution in [0.2, 0.25) is 0 Å². The third kappa shape index (κ3) is 8.76. The van der Waals surface area contributed by atoms with Gasteiger partial charge in [0.2, 0.25) is 0 Å². The van der Waals surface area contributed by atoms with E-state index in [0.717, 1.165) is 43.2 Å². The summed E-state index contributed by atoms with van der Waals surface area (Å²) in [6.45, 7) is 5.18. The molecule has 0 fully saturated rings. The van der Waals surface area contributed by atoms with Gasteiger partial charge in [0.15, 0.2) is 5.96 Å². The van der Waals surface area contributed by atoms with Crippen LogP contribution in [0.3, 0.4) is 0 Å². The van der Waals surface area contributed by atoms with Crippen molar-refractivity contribution in [1.29, 1.82) is 0 Å². The maximum Gasteiger partial charge on any atom is 0.191 e. The predicted molar refractivity (Wildman–Crippen MR) is 98.9 cm³/mol. The van der Waals surface area contributed by atoms with Gasteiger partial charge in [-0.2, -0.15) is 0 Å². The highest BCUT2D eigenvalue weighted by atomic mass is 127. The Kier molecular flexibility index (Phi) is 12.2. The second-order valence-electron chi connectivity index (χ2n) is 4.03. The third-order valence-corrected chi connectivity index (χ3v) is 3.03. The molecule has 20 heavy (non-hydrogen) atoms. The van der Waals surface area contributed by atoms with E-state index in [9.17, 15) is 0 Å². The topological polar surface area (TPSA) is 45.6 Å². The van der Waals surface area contributed by atoms with Crippen LogP contribution in [0.1, 0.15) is 18.9 Å². The van der Waals surface area contributed by atoms with E-state index in [2.05, 4.69) is 43.7 Å². The van der Waals surface area contributed by atoms with Crippen molar-refractivity contribution in [1.82, 2.24) is 10.6 Å². The predicted octanol–water partition coefficient (Wildman–Crippen LogP) is 3.16. The van der Waals surface area contributed by atoms with Gasteiger partial charge in [0, 0.05) is 37.8 Å². The summed E-state index contributed by atoms with van der Waals surface area (Å²) >= 11 is 3.46. The molecule has 114 valence electrons. The van der Waals surface area contributed by atoms with Crippen molar-refractivity contribution < 1.29 is 4.74 Å². The highest BCUT2D eigenvalue weighted by Crippen LogP contribution is 2.11. The number of hydrogen-bond donors (Lipinski definition) is 2. The molecule has 1 rings (SSSR count). The summed E-state index contributed by atoms with van der Waals surface area (Å²) in [5.74, 6) is 0.816. The summed E-state index contributed by atoms with van der Waals surface area (Å²) in [6, 6.07) is 8.22. The molecule has 0 heterocycles. The Morgan fingerprint density at radius 2 is 2.15 bits per heavy atom. The summed E-state index contributed by atoms with van der Waals surface area (Å²) < 4.78 is 6.38. The monoisotopic (exact) mass is 455 g/mol. The average molecular weight is 456 g/mol. The summed E-state index contributed by atoms with van der Waals surface area (Å²) in [7, 11) is 1.78. The lowest BCUT2D eigenvalue weighted by Crippen LogP contribution is -2.37. The molecule has 0 saturated heterocycles. The normalized spacial score (nSPS) is 10.8. The van der Waals surface area contributed by atoms with Gasteiger partial charge in [0.05, 0.1) is 0 Å². The number of guanidine groups is 1. The van der Waals surface area contributed by atoms with E-state index in [0.29, 0.717) is 0 Å². The molecule has 1 aromatic rings. The average Bonchev–Trinajstić information content (AvgIpc) is 2.42. The van der Waals surface area contributed by atoms with Crippen LogP contribution in [0, 0.1) is 0 Å². The standard InChI is InChI=1S/C14H22BrN3O.HI/c1-3-19-9-5-8-17-14(16-2)18-11-12-6-4-7-13(15)10-12;/h4,6-7,10H,3,5,8-9,11H2,1-2H3,(H2,16,17,18);1H. The Morgan fingerprint density at radius 3 is 2.80 bits per heavy atom. The zero-order valence-corrected chi connectivity index (χ0v) is 15.9. The molecule has 4 nitrogen and oxygen atoms in total. The van der Waals surface area contributed by atoms with Gasteiger partial charge in [-0.25, -0.2) is 0 Å².